The third-order valence-corrected chi connectivity index (χ3v) is 4.53. The molecule has 1 unspecified atom stereocenters. The number of benzene rings is 1. The summed E-state index contributed by atoms with van der Waals surface area (Å²) in [5, 5.41) is 0.774. The first-order valence-electron chi connectivity index (χ1n) is 7.20. The Hall–Kier alpha value is -0.650. The van der Waals surface area contributed by atoms with Crippen LogP contribution in [0, 0.1) is 0 Å². The fraction of sp³-hybridized carbons (Fsp3) is 0.600. The molecule has 4 nitrogen and oxygen atoms in total. The lowest BCUT2D eigenvalue weighted by Gasteiger charge is -2.42. The first-order valence-corrected chi connectivity index (χ1v) is 7.58. The number of piperidine rings is 1. The summed E-state index contributed by atoms with van der Waals surface area (Å²) in [6.07, 6.45) is 2.02. The highest BCUT2D eigenvalue weighted by Crippen LogP contribution is 2.35. The molecule has 2 heterocycles. The van der Waals surface area contributed by atoms with Crippen LogP contribution in [0.25, 0.3) is 0 Å². The van der Waals surface area contributed by atoms with Crippen LogP contribution >= 0.6 is 11.6 Å². The maximum absolute atomic E-state index is 6.32. The van der Waals surface area contributed by atoms with Crippen LogP contribution in [-0.4, -0.2) is 43.5 Å². The molecule has 0 saturated carbocycles. The molecule has 1 spiro atoms. The van der Waals surface area contributed by atoms with Gasteiger partial charge in [0.05, 0.1) is 19.8 Å². The number of halogens is 1. The Balaban J connectivity index is 1.81. The van der Waals surface area contributed by atoms with Crippen LogP contribution in [0.2, 0.25) is 5.02 Å². The standard InChI is InChI=1S/C15H21ClN2O2/c16-13-5-2-1-4-12(13)14(10-17)18-7-3-6-15(11-18)19-8-9-20-15/h1-2,4-5,14H,3,6-11,17H2. The van der Waals surface area contributed by atoms with Gasteiger partial charge in [0.15, 0.2) is 5.79 Å². The Morgan fingerprint density at radius 2 is 2.05 bits per heavy atom. The summed E-state index contributed by atoms with van der Waals surface area (Å²) < 4.78 is 11.7. The highest BCUT2D eigenvalue weighted by Gasteiger charge is 2.42. The van der Waals surface area contributed by atoms with Gasteiger partial charge < -0.3 is 15.2 Å². The molecule has 0 aromatic heterocycles. The molecular weight excluding hydrogens is 276 g/mol. The Kier molecular flexibility index (Phi) is 4.29. The van der Waals surface area contributed by atoms with Gasteiger partial charge in [-0.2, -0.15) is 0 Å². The zero-order valence-electron chi connectivity index (χ0n) is 11.6. The van der Waals surface area contributed by atoms with E-state index in [0.717, 1.165) is 36.5 Å². The molecule has 1 atom stereocenters. The molecule has 2 aliphatic heterocycles. The fourth-order valence-corrected chi connectivity index (χ4v) is 3.50. The molecule has 2 N–H and O–H groups in total. The lowest BCUT2D eigenvalue weighted by Crippen LogP contribution is -2.51. The van der Waals surface area contributed by atoms with Gasteiger partial charge in [0.25, 0.3) is 0 Å². The van der Waals surface area contributed by atoms with Gasteiger partial charge in [-0.1, -0.05) is 29.8 Å². The number of nitrogens with two attached hydrogens (primary N) is 1. The van der Waals surface area contributed by atoms with E-state index in [1.807, 2.05) is 18.2 Å². The van der Waals surface area contributed by atoms with Crippen LogP contribution in [0.3, 0.4) is 0 Å². The van der Waals surface area contributed by atoms with Crippen molar-refractivity contribution in [1.29, 1.82) is 0 Å². The topological polar surface area (TPSA) is 47.7 Å². The first kappa shape index (κ1) is 14.3. The van der Waals surface area contributed by atoms with E-state index in [4.69, 9.17) is 26.8 Å². The second-order valence-corrected chi connectivity index (χ2v) is 5.86. The van der Waals surface area contributed by atoms with Gasteiger partial charge in [-0.25, -0.2) is 0 Å². The van der Waals surface area contributed by atoms with Gasteiger partial charge in [0.1, 0.15) is 0 Å². The van der Waals surface area contributed by atoms with E-state index in [9.17, 15) is 0 Å². The van der Waals surface area contributed by atoms with E-state index >= 15 is 0 Å². The molecular formula is C15H21ClN2O2. The van der Waals surface area contributed by atoms with E-state index in [0.29, 0.717) is 19.8 Å². The first-order chi connectivity index (χ1) is 9.74. The van der Waals surface area contributed by atoms with Crippen LogP contribution in [0.4, 0.5) is 0 Å². The number of nitrogens with zero attached hydrogens (tertiary/aromatic N) is 1. The monoisotopic (exact) mass is 296 g/mol. The van der Waals surface area contributed by atoms with Crippen LogP contribution in [-0.2, 0) is 9.47 Å². The van der Waals surface area contributed by atoms with Crippen LogP contribution in [0.15, 0.2) is 24.3 Å². The third kappa shape index (κ3) is 2.71. The molecule has 2 saturated heterocycles. The van der Waals surface area contributed by atoms with Crippen molar-refractivity contribution in [2.24, 2.45) is 5.73 Å². The second kappa shape index (κ2) is 6.00. The quantitative estimate of drug-likeness (QED) is 0.929. The minimum atomic E-state index is -0.424. The van der Waals surface area contributed by atoms with Crippen molar-refractivity contribution in [3.63, 3.8) is 0 Å². The van der Waals surface area contributed by atoms with Crippen molar-refractivity contribution in [2.45, 2.75) is 24.7 Å². The number of rotatable bonds is 3. The molecule has 1 aromatic rings. The van der Waals surface area contributed by atoms with E-state index in [1.165, 1.54) is 0 Å². The molecule has 110 valence electrons. The predicted octanol–water partition coefficient (Wildman–Crippen LogP) is 2.18. The van der Waals surface area contributed by atoms with Crippen LogP contribution in [0.5, 0.6) is 0 Å². The highest BCUT2D eigenvalue weighted by molar-refractivity contribution is 6.31. The Morgan fingerprint density at radius 3 is 2.75 bits per heavy atom. The molecule has 0 amide bonds. The van der Waals surface area contributed by atoms with Gasteiger partial charge in [-0.05, 0) is 24.6 Å². The summed E-state index contributed by atoms with van der Waals surface area (Å²) in [5.41, 5.74) is 7.10. The van der Waals surface area contributed by atoms with Crippen molar-refractivity contribution in [1.82, 2.24) is 4.90 Å². The smallest absolute Gasteiger partial charge is 0.181 e. The Bertz CT molecular complexity index is 463. The van der Waals surface area contributed by atoms with Crippen molar-refractivity contribution in [3.8, 4) is 0 Å². The number of hydrogen-bond donors (Lipinski definition) is 1. The average molecular weight is 297 g/mol. The Labute approximate surface area is 124 Å². The molecule has 0 radical (unpaired) electrons. The van der Waals surface area contributed by atoms with Crippen molar-refractivity contribution < 1.29 is 9.47 Å². The zero-order chi connectivity index (χ0) is 14.0. The lowest BCUT2D eigenvalue weighted by atomic mass is 9.98. The van der Waals surface area contributed by atoms with Crippen molar-refractivity contribution >= 4 is 11.6 Å². The molecule has 5 heteroatoms. The van der Waals surface area contributed by atoms with Gasteiger partial charge >= 0.3 is 0 Å². The summed E-state index contributed by atoms with van der Waals surface area (Å²) in [6.45, 7) is 3.68. The minimum absolute atomic E-state index is 0.119. The molecule has 1 aromatic carbocycles. The summed E-state index contributed by atoms with van der Waals surface area (Å²) >= 11 is 6.32. The van der Waals surface area contributed by atoms with Crippen molar-refractivity contribution in [2.75, 3.05) is 32.8 Å². The molecule has 3 rings (SSSR count). The van der Waals surface area contributed by atoms with E-state index in [-0.39, 0.29) is 6.04 Å². The van der Waals surface area contributed by atoms with Gasteiger partial charge in [-0.3, -0.25) is 4.90 Å². The minimum Gasteiger partial charge on any atom is -0.346 e. The van der Waals surface area contributed by atoms with Gasteiger partial charge in [0, 0.05) is 24.0 Å². The third-order valence-electron chi connectivity index (χ3n) is 4.19. The highest BCUT2D eigenvalue weighted by atomic mass is 35.5. The summed E-state index contributed by atoms with van der Waals surface area (Å²) in [7, 11) is 0. The number of ether oxygens (including phenoxy) is 2. The maximum Gasteiger partial charge on any atom is 0.181 e. The summed E-state index contributed by atoms with van der Waals surface area (Å²) in [4.78, 5) is 2.34. The van der Waals surface area contributed by atoms with Gasteiger partial charge in [-0.15, -0.1) is 0 Å². The normalized spacial score (nSPS) is 24.1. The fourth-order valence-electron chi connectivity index (χ4n) is 3.24. The predicted molar refractivity (Wildman–Crippen MR) is 78.7 cm³/mol. The van der Waals surface area contributed by atoms with E-state index < -0.39 is 5.79 Å². The second-order valence-electron chi connectivity index (χ2n) is 5.45. The average Bonchev–Trinajstić information content (AvgIpc) is 2.90. The van der Waals surface area contributed by atoms with E-state index in [1.54, 1.807) is 0 Å². The number of hydrogen-bond acceptors (Lipinski definition) is 4. The molecule has 0 bridgehead atoms. The molecule has 20 heavy (non-hydrogen) atoms. The van der Waals surface area contributed by atoms with Crippen LogP contribution in [0.1, 0.15) is 24.4 Å². The van der Waals surface area contributed by atoms with Crippen LogP contribution < -0.4 is 5.73 Å². The largest absolute Gasteiger partial charge is 0.346 e. The van der Waals surface area contributed by atoms with E-state index in [2.05, 4.69) is 11.0 Å². The summed E-state index contributed by atoms with van der Waals surface area (Å²) in [5.74, 6) is -0.424. The molecule has 0 aliphatic carbocycles. The maximum atomic E-state index is 6.32. The van der Waals surface area contributed by atoms with Gasteiger partial charge in [0.2, 0.25) is 0 Å². The summed E-state index contributed by atoms with van der Waals surface area (Å²) in [6, 6.07) is 8.04. The van der Waals surface area contributed by atoms with Crippen molar-refractivity contribution in [3.05, 3.63) is 34.9 Å². The Morgan fingerprint density at radius 1 is 1.30 bits per heavy atom. The molecule has 2 aliphatic rings. The SMILES string of the molecule is NCC(c1ccccc1Cl)N1CCCC2(C1)OCCO2. The molecule has 2 fully saturated rings. The lowest BCUT2D eigenvalue weighted by molar-refractivity contribution is -0.193. The zero-order valence-corrected chi connectivity index (χ0v) is 12.3. The number of likely N-dealkylation sites (tertiary alicyclic amines) is 1.